The minimum Gasteiger partial charge on any atom is -0.506 e. The van der Waals surface area contributed by atoms with Crippen LogP contribution in [0.4, 0.5) is 0 Å². The highest BCUT2D eigenvalue weighted by molar-refractivity contribution is 6.05. The first kappa shape index (κ1) is 19.4. The van der Waals surface area contributed by atoms with Gasteiger partial charge in [-0.1, -0.05) is 43.2 Å². The fourth-order valence-corrected chi connectivity index (χ4v) is 4.10. The molecular weight excluding hydrogens is 364 g/mol. The maximum absolute atomic E-state index is 13.0. The molecule has 1 saturated carbocycles. The number of nitrogens with zero attached hydrogens (tertiary/aromatic N) is 1. The molecule has 0 spiro atoms. The molecule has 150 valence electrons. The number of hydrogen-bond acceptors (Lipinski definition) is 4. The van der Waals surface area contributed by atoms with Crippen molar-refractivity contribution in [2.75, 3.05) is 0 Å². The third kappa shape index (κ3) is 4.10. The fourth-order valence-electron chi connectivity index (χ4n) is 4.10. The molecule has 4 rings (SSSR count). The second-order valence-corrected chi connectivity index (χ2v) is 7.89. The Bertz CT molecular complexity index is 1030. The summed E-state index contributed by atoms with van der Waals surface area (Å²) in [6, 6.07) is 13.1. The number of aromatic nitrogens is 1. The summed E-state index contributed by atoms with van der Waals surface area (Å²) in [5, 5.41) is 25.5. The summed E-state index contributed by atoms with van der Waals surface area (Å²) in [7, 11) is 0. The van der Waals surface area contributed by atoms with Crippen molar-refractivity contribution in [3.05, 3.63) is 71.0 Å². The molecule has 2 atom stereocenters. The number of aliphatic hydroxyl groups excluding tert-OH is 1. The second kappa shape index (κ2) is 8.21. The number of hydrogen-bond donors (Lipinski definition) is 3. The van der Waals surface area contributed by atoms with Crippen molar-refractivity contribution in [1.29, 1.82) is 0 Å². The zero-order chi connectivity index (χ0) is 20.4. The maximum atomic E-state index is 13.0. The lowest BCUT2D eigenvalue weighted by Gasteiger charge is -2.28. The molecule has 2 unspecified atom stereocenters. The highest BCUT2D eigenvalue weighted by atomic mass is 16.3. The topological polar surface area (TPSA) is 82.5 Å². The van der Waals surface area contributed by atoms with Gasteiger partial charge in [-0.2, -0.15) is 0 Å². The molecule has 1 heterocycles. The zero-order valence-electron chi connectivity index (χ0n) is 16.6. The van der Waals surface area contributed by atoms with Gasteiger partial charge in [-0.05, 0) is 54.8 Å². The largest absolute Gasteiger partial charge is 0.506 e. The summed E-state index contributed by atoms with van der Waals surface area (Å²) >= 11 is 0. The zero-order valence-corrected chi connectivity index (χ0v) is 16.6. The first-order valence-corrected chi connectivity index (χ1v) is 10.2. The molecule has 0 saturated heterocycles. The van der Waals surface area contributed by atoms with Crippen LogP contribution in [0.2, 0.25) is 0 Å². The van der Waals surface area contributed by atoms with Crippen LogP contribution in [0.5, 0.6) is 5.75 Å². The van der Waals surface area contributed by atoms with Gasteiger partial charge in [0, 0.05) is 17.3 Å². The van der Waals surface area contributed by atoms with Crippen LogP contribution in [0, 0.1) is 6.92 Å². The maximum Gasteiger partial charge on any atom is 0.255 e. The number of fused-ring (bicyclic) bond motifs is 1. The second-order valence-electron chi connectivity index (χ2n) is 7.89. The van der Waals surface area contributed by atoms with Crippen LogP contribution in [0.15, 0.2) is 48.7 Å². The van der Waals surface area contributed by atoms with E-state index >= 15 is 0 Å². The van der Waals surface area contributed by atoms with E-state index in [2.05, 4.69) is 10.3 Å². The number of carbonyl (C=O) groups is 1. The molecule has 3 N–H and O–H groups in total. The van der Waals surface area contributed by atoms with Crippen LogP contribution < -0.4 is 5.32 Å². The van der Waals surface area contributed by atoms with Crippen molar-refractivity contribution in [3.63, 3.8) is 0 Å². The quantitative estimate of drug-likeness (QED) is 0.631. The normalized spacial score (nSPS) is 19.2. The van der Waals surface area contributed by atoms with Crippen molar-refractivity contribution < 1.29 is 15.0 Å². The van der Waals surface area contributed by atoms with Crippen molar-refractivity contribution in [2.45, 2.75) is 51.2 Å². The van der Waals surface area contributed by atoms with Gasteiger partial charge in [0.25, 0.3) is 5.91 Å². The van der Waals surface area contributed by atoms with Crippen LogP contribution in [-0.4, -0.2) is 33.3 Å². The number of phenols is 1. The van der Waals surface area contributed by atoms with Crippen LogP contribution in [0.3, 0.4) is 0 Å². The Hall–Kier alpha value is -2.92. The molecule has 2 aromatic carbocycles. The van der Waals surface area contributed by atoms with Crippen molar-refractivity contribution in [1.82, 2.24) is 10.3 Å². The van der Waals surface area contributed by atoms with Crippen molar-refractivity contribution in [3.8, 4) is 5.75 Å². The highest BCUT2D eigenvalue weighted by Gasteiger charge is 2.26. The first-order chi connectivity index (χ1) is 14.0. The third-order valence-electron chi connectivity index (χ3n) is 5.76. The fraction of sp³-hybridized carbons (Fsp3) is 0.333. The minimum absolute atomic E-state index is 0.0193. The predicted octanol–water partition coefficient (Wildman–Crippen LogP) is 3.87. The van der Waals surface area contributed by atoms with Crippen molar-refractivity contribution >= 4 is 16.7 Å². The molecule has 1 amide bonds. The molecule has 1 fully saturated rings. The summed E-state index contributed by atoms with van der Waals surface area (Å²) in [6.07, 6.45) is 5.33. The van der Waals surface area contributed by atoms with Gasteiger partial charge in [0.1, 0.15) is 5.75 Å². The summed E-state index contributed by atoms with van der Waals surface area (Å²) in [5.74, 6) is -0.364. The summed E-state index contributed by atoms with van der Waals surface area (Å²) in [5.41, 5.74) is 3.20. The first-order valence-electron chi connectivity index (χ1n) is 10.2. The number of aromatic hydroxyl groups is 1. The monoisotopic (exact) mass is 390 g/mol. The van der Waals surface area contributed by atoms with E-state index in [1.54, 1.807) is 6.07 Å². The highest BCUT2D eigenvalue weighted by Crippen LogP contribution is 2.33. The number of benzene rings is 2. The van der Waals surface area contributed by atoms with Gasteiger partial charge in [0.05, 0.1) is 17.7 Å². The van der Waals surface area contributed by atoms with Gasteiger partial charge in [0.2, 0.25) is 0 Å². The van der Waals surface area contributed by atoms with Gasteiger partial charge in [-0.15, -0.1) is 0 Å². The SMILES string of the molecule is Cc1ccc(Cc2cc(C(=O)NC3CCCCC3O)c(O)c3ccccc23)cn1. The minimum atomic E-state index is -0.534. The van der Waals surface area contributed by atoms with E-state index in [0.717, 1.165) is 41.5 Å². The van der Waals surface area contributed by atoms with Gasteiger partial charge in [0.15, 0.2) is 0 Å². The molecule has 1 aliphatic rings. The number of amides is 1. The summed E-state index contributed by atoms with van der Waals surface area (Å²) in [4.78, 5) is 17.3. The average molecular weight is 390 g/mol. The number of nitrogens with one attached hydrogen (secondary N) is 1. The summed E-state index contributed by atoms with van der Waals surface area (Å²) in [6.45, 7) is 1.95. The van der Waals surface area contributed by atoms with E-state index in [-0.39, 0.29) is 23.3 Å². The van der Waals surface area contributed by atoms with E-state index in [4.69, 9.17) is 0 Å². The molecule has 5 heteroatoms. The number of phenolic OH excluding ortho intramolecular Hbond substituents is 1. The lowest BCUT2D eigenvalue weighted by atomic mass is 9.91. The van der Waals surface area contributed by atoms with E-state index in [9.17, 15) is 15.0 Å². The van der Waals surface area contributed by atoms with E-state index in [0.29, 0.717) is 18.2 Å². The molecule has 1 aromatic heterocycles. The van der Waals surface area contributed by atoms with Crippen molar-refractivity contribution in [2.24, 2.45) is 0 Å². The Morgan fingerprint density at radius 3 is 2.62 bits per heavy atom. The van der Waals surface area contributed by atoms with Gasteiger partial charge >= 0.3 is 0 Å². The molecule has 1 aliphatic carbocycles. The molecule has 5 nitrogen and oxygen atoms in total. The smallest absolute Gasteiger partial charge is 0.255 e. The molecule has 29 heavy (non-hydrogen) atoms. The Morgan fingerprint density at radius 2 is 1.90 bits per heavy atom. The van der Waals surface area contributed by atoms with Gasteiger partial charge in [-0.25, -0.2) is 0 Å². The van der Waals surface area contributed by atoms with E-state index in [1.165, 1.54) is 0 Å². The standard InChI is InChI=1S/C24H26N2O3/c1-15-10-11-16(14-25-15)12-17-13-20(23(28)19-7-3-2-6-18(17)19)24(29)26-21-8-4-5-9-22(21)27/h2-3,6-7,10-11,13-14,21-22,27-28H,4-5,8-9,12H2,1H3,(H,26,29). The molecule has 0 aliphatic heterocycles. The Labute approximate surface area is 170 Å². The van der Waals surface area contributed by atoms with Gasteiger partial charge in [-0.3, -0.25) is 9.78 Å². The van der Waals surface area contributed by atoms with Crippen LogP contribution in [0.25, 0.3) is 10.8 Å². The van der Waals surface area contributed by atoms with Crippen LogP contribution in [-0.2, 0) is 6.42 Å². The van der Waals surface area contributed by atoms with Crippen LogP contribution in [0.1, 0.15) is 52.9 Å². The number of aryl methyl sites for hydroxylation is 1. The third-order valence-corrected chi connectivity index (χ3v) is 5.76. The summed E-state index contributed by atoms with van der Waals surface area (Å²) < 4.78 is 0. The lowest BCUT2D eigenvalue weighted by Crippen LogP contribution is -2.45. The Balaban J connectivity index is 1.71. The number of pyridine rings is 1. The number of rotatable bonds is 4. The van der Waals surface area contributed by atoms with Gasteiger partial charge < -0.3 is 15.5 Å². The Morgan fingerprint density at radius 1 is 1.14 bits per heavy atom. The average Bonchev–Trinajstić information content (AvgIpc) is 2.73. The van der Waals surface area contributed by atoms with E-state index in [1.807, 2.05) is 49.5 Å². The van der Waals surface area contributed by atoms with E-state index < -0.39 is 6.10 Å². The molecule has 3 aromatic rings. The number of carbonyl (C=O) groups excluding carboxylic acids is 1. The number of aliphatic hydroxyl groups is 1. The molecule has 0 bridgehead atoms. The molecule has 0 radical (unpaired) electrons. The molecular formula is C24H26N2O3. The Kier molecular flexibility index (Phi) is 5.49. The lowest BCUT2D eigenvalue weighted by molar-refractivity contribution is 0.0715. The predicted molar refractivity (Wildman–Crippen MR) is 113 cm³/mol. The van der Waals surface area contributed by atoms with Crippen LogP contribution >= 0.6 is 0 Å².